The van der Waals surface area contributed by atoms with Crippen molar-refractivity contribution in [3.8, 4) is 0 Å². The highest BCUT2D eigenvalue weighted by atomic mass is 16.4. The first-order valence-electron chi connectivity index (χ1n) is 6.94. The lowest BCUT2D eigenvalue weighted by Crippen LogP contribution is -2.59. The maximum absolute atomic E-state index is 12.0. The zero-order valence-corrected chi connectivity index (χ0v) is 11.6. The second kappa shape index (κ2) is 5.77. The summed E-state index contributed by atoms with van der Waals surface area (Å²) in [6.07, 6.45) is 2.14. The summed E-state index contributed by atoms with van der Waals surface area (Å²) in [6.45, 7) is 4.81. The first-order valence-corrected chi connectivity index (χ1v) is 6.94. The number of urea groups is 1. The summed E-state index contributed by atoms with van der Waals surface area (Å²) in [5, 5.41) is 11.9. The van der Waals surface area contributed by atoms with Gasteiger partial charge in [-0.15, -0.1) is 0 Å². The molecule has 19 heavy (non-hydrogen) atoms. The summed E-state index contributed by atoms with van der Waals surface area (Å²) in [5.41, 5.74) is 0. The lowest BCUT2D eigenvalue weighted by molar-refractivity contribution is -0.144. The van der Waals surface area contributed by atoms with Gasteiger partial charge in [-0.2, -0.15) is 0 Å². The summed E-state index contributed by atoms with van der Waals surface area (Å²) in [4.78, 5) is 26.8. The minimum atomic E-state index is -0.779. The number of nitrogens with one attached hydrogen (secondary N) is 1. The van der Waals surface area contributed by atoms with E-state index in [1.807, 2.05) is 0 Å². The van der Waals surface area contributed by atoms with Gasteiger partial charge in [0.15, 0.2) is 0 Å². The van der Waals surface area contributed by atoms with Crippen LogP contribution < -0.4 is 5.32 Å². The molecule has 0 spiro atoms. The third-order valence-electron chi connectivity index (χ3n) is 4.25. The lowest BCUT2D eigenvalue weighted by atomic mass is 9.87. The average Bonchev–Trinajstić information content (AvgIpc) is 2.26. The molecule has 2 heterocycles. The average molecular weight is 269 g/mol. The minimum Gasteiger partial charge on any atom is -0.481 e. The minimum absolute atomic E-state index is 0.0471. The van der Waals surface area contributed by atoms with Crippen molar-refractivity contribution in [1.82, 2.24) is 15.1 Å². The van der Waals surface area contributed by atoms with Crippen LogP contribution in [0.2, 0.25) is 0 Å². The molecule has 2 aliphatic heterocycles. The van der Waals surface area contributed by atoms with Crippen molar-refractivity contribution in [2.75, 3.05) is 33.2 Å². The van der Waals surface area contributed by atoms with Crippen LogP contribution in [0, 0.1) is 11.8 Å². The normalized spacial score (nSPS) is 26.6. The predicted molar refractivity (Wildman–Crippen MR) is 70.9 cm³/mol. The Labute approximate surface area is 113 Å². The molecule has 0 aromatic carbocycles. The second-order valence-electron chi connectivity index (χ2n) is 5.84. The fraction of sp³-hybridized carbons (Fsp3) is 0.846. The number of likely N-dealkylation sites (tertiary alicyclic amines) is 2. The Hall–Kier alpha value is -1.30. The van der Waals surface area contributed by atoms with E-state index in [2.05, 4.69) is 17.3 Å². The van der Waals surface area contributed by atoms with Crippen LogP contribution in [0.25, 0.3) is 0 Å². The third-order valence-corrected chi connectivity index (χ3v) is 4.25. The molecule has 0 radical (unpaired) electrons. The Bertz CT molecular complexity index is 355. The van der Waals surface area contributed by atoms with E-state index in [-0.39, 0.29) is 23.9 Å². The van der Waals surface area contributed by atoms with Crippen molar-refractivity contribution in [1.29, 1.82) is 0 Å². The third kappa shape index (κ3) is 3.37. The van der Waals surface area contributed by atoms with Gasteiger partial charge in [0.1, 0.15) is 0 Å². The molecule has 2 fully saturated rings. The molecule has 2 rings (SSSR count). The van der Waals surface area contributed by atoms with Crippen LogP contribution in [0.4, 0.5) is 4.79 Å². The standard InChI is InChI=1S/C13H23N3O3/c1-9(12(17)18)10-6-16(7-10)13(19)14-11-4-3-5-15(2)8-11/h9-11H,3-8H2,1-2H3,(H,14,19)(H,17,18). The number of nitrogens with zero attached hydrogens (tertiary/aromatic N) is 2. The van der Waals surface area contributed by atoms with Crippen LogP contribution in [0.5, 0.6) is 0 Å². The number of carboxylic acids is 1. The van der Waals surface area contributed by atoms with Gasteiger partial charge in [0, 0.05) is 31.6 Å². The lowest BCUT2D eigenvalue weighted by Gasteiger charge is -2.42. The summed E-state index contributed by atoms with van der Waals surface area (Å²) in [7, 11) is 2.06. The van der Waals surface area contributed by atoms with E-state index in [0.717, 1.165) is 25.9 Å². The number of likely N-dealkylation sites (N-methyl/N-ethyl adjacent to an activating group) is 1. The van der Waals surface area contributed by atoms with Crippen LogP contribution in [0.3, 0.4) is 0 Å². The number of amides is 2. The number of hydrogen-bond donors (Lipinski definition) is 2. The van der Waals surface area contributed by atoms with Crippen LogP contribution >= 0.6 is 0 Å². The molecule has 108 valence electrons. The van der Waals surface area contributed by atoms with Gasteiger partial charge in [-0.05, 0) is 26.4 Å². The highest BCUT2D eigenvalue weighted by Crippen LogP contribution is 2.24. The number of carbonyl (C=O) groups is 2. The van der Waals surface area contributed by atoms with Gasteiger partial charge in [0.25, 0.3) is 0 Å². The number of rotatable bonds is 3. The van der Waals surface area contributed by atoms with E-state index in [9.17, 15) is 9.59 Å². The fourth-order valence-electron chi connectivity index (χ4n) is 2.75. The quantitative estimate of drug-likeness (QED) is 0.780. The molecule has 0 aromatic rings. The zero-order chi connectivity index (χ0) is 14.0. The van der Waals surface area contributed by atoms with Crippen molar-refractivity contribution >= 4 is 12.0 Å². The van der Waals surface area contributed by atoms with Gasteiger partial charge >= 0.3 is 12.0 Å². The molecule has 2 aliphatic rings. The number of piperidine rings is 1. The maximum Gasteiger partial charge on any atom is 0.317 e. The topological polar surface area (TPSA) is 72.9 Å². The molecule has 0 bridgehead atoms. The van der Waals surface area contributed by atoms with Crippen LogP contribution in [-0.4, -0.2) is 66.2 Å². The van der Waals surface area contributed by atoms with E-state index in [4.69, 9.17) is 5.11 Å². The molecule has 6 nitrogen and oxygen atoms in total. The first kappa shape index (κ1) is 14.1. The Morgan fingerprint density at radius 3 is 2.58 bits per heavy atom. The van der Waals surface area contributed by atoms with Crippen LogP contribution in [-0.2, 0) is 4.79 Å². The van der Waals surface area contributed by atoms with Crippen molar-refractivity contribution in [3.05, 3.63) is 0 Å². The number of aliphatic carboxylic acids is 1. The van der Waals surface area contributed by atoms with Crippen molar-refractivity contribution < 1.29 is 14.7 Å². The Morgan fingerprint density at radius 1 is 1.32 bits per heavy atom. The van der Waals surface area contributed by atoms with Crippen LogP contribution in [0.1, 0.15) is 19.8 Å². The first-order chi connectivity index (χ1) is 8.97. The molecule has 2 unspecified atom stereocenters. The van der Waals surface area contributed by atoms with Gasteiger partial charge in [-0.3, -0.25) is 4.79 Å². The number of carbonyl (C=O) groups excluding carboxylic acids is 1. The molecule has 2 amide bonds. The zero-order valence-electron chi connectivity index (χ0n) is 11.6. The molecule has 0 aromatic heterocycles. The molecule has 0 saturated carbocycles. The SMILES string of the molecule is CC(C(=O)O)C1CN(C(=O)NC2CCCN(C)C2)C1. The molecular weight excluding hydrogens is 246 g/mol. The van der Waals surface area contributed by atoms with Crippen molar-refractivity contribution in [3.63, 3.8) is 0 Å². The molecule has 2 saturated heterocycles. The van der Waals surface area contributed by atoms with E-state index < -0.39 is 5.97 Å². The Balaban J connectivity index is 1.72. The van der Waals surface area contributed by atoms with Crippen molar-refractivity contribution in [2.24, 2.45) is 11.8 Å². The Kier molecular flexibility index (Phi) is 4.29. The van der Waals surface area contributed by atoms with Crippen LogP contribution in [0.15, 0.2) is 0 Å². The summed E-state index contributed by atoms with van der Waals surface area (Å²) in [5.74, 6) is -1.05. The second-order valence-corrected chi connectivity index (χ2v) is 5.84. The number of carboxylic acid groups (broad SMARTS) is 1. The molecule has 6 heteroatoms. The summed E-state index contributed by atoms with van der Waals surface area (Å²) >= 11 is 0. The Morgan fingerprint density at radius 2 is 2.00 bits per heavy atom. The molecule has 0 aliphatic carbocycles. The molecular formula is C13H23N3O3. The van der Waals surface area contributed by atoms with E-state index in [1.54, 1.807) is 11.8 Å². The molecule has 2 atom stereocenters. The van der Waals surface area contributed by atoms with Gasteiger partial charge in [-0.25, -0.2) is 4.79 Å². The summed E-state index contributed by atoms with van der Waals surface area (Å²) < 4.78 is 0. The molecule has 2 N–H and O–H groups in total. The van der Waals surface area contributed by atoms with Gasteiger partial charge in [-0.1, -0.05) is 6.92 Å². The number of hydrogen-bond acceptors (Lipinski definition) is 3. The van der Waals surface area contributed by atoms with Gasteiger partial charge < -0.3 is 20.2 Å². The smallest absolute Gasteiger partial charge is 0.317 e. The monoisotopic (exact) mass is 269 g/mol. The van der Waals surface area contributed by atoms with Gasteiger partial charge in [0.2, 0.25) is 0 Å². The van der Waals surface area contributed by atoms with E-state index in [1.165, 1.54) is 0 Å². The van der Waals surface area contributed by atoms with Gasteiger partial charge in [0.05, 0.1) is 5.92 Å². The summed E-state index contributed by atoms with van der Waals surface area (Å²) in [6, 6.07) is 0.177. The highest BCUT2D eigenvalue weighted by molar-refractivity contribution is 5.76. The maximum atomic E-state index is 12.0. The van der Waals surface area contributed by atoms with Crippen molar-refractivity contribution in [2.45, 2.75) is 25.8 Å². The van der Waals surface area contributed by atoms with E-state index in [0.29, 0.717) is 13.1 Å². The predicted octanol–water partition coefficient (Wildman–Crippen LogP) is 0.443. The largest absolute Gasteiger partial charge is 0.481 e. The highest BCUT2D eigenvalue weighted by Gasteiger charge is 2.37. The van der Waals surface area contributed by atoms with E-state index >= 15 is 0 Å². The fourth-order valence-corrected chi connectivity index (χ4v) is 2.75.